The number of hydrogen-bond acceptors (Lipinski definition) is 5. The number of benzene rings is 2. The number of amides is 1. The first-order valence-corrected chi connectivity index (χ1v) is 9.08. The van der Waals surface area contributed by atoms with E-state index in [9.17, 15) is 14.0 Å². The topological polar surface area (TPSA) is 76.7 Å². The summed E-state index contributed by atoms with van der Waals surface area (Å²) in [7, 11) is 0. The van der Waals surface area contributed by atoms with Crippen molar-refractivity contribution in [2.24, 2.45) is 5.92 Å². The van der Waals surface area contributed by atoms with Crippen LogP contribution in [-0.4, -0.2) is 25.0 Å². The highest BCUT2D eigenvalue weighted by molar-refractivity contribution is 6.05. The van der Waals surface area contributed by atoms with Crippen molar-refractivity contribution in [2.45, 2.75) is 26.8 Å². The molecule has 0 saturated heterocycles. The van der Waals surface area contributed by atoms with Crippen LogP contribution in [0.2, 0.25) is 0 Å². The lowest BCUT2D eigenvalue weighted by Gasteiger charge is -2.23. The van der Waals surface area contributed by atoms with Crippen molar-refractivity contribution in [1.29, 1.82) is 0 Å². The van der Waals surface area contributed by atoms with Gasteiger partial charge >= 0.3 is 0 Å². The fourth-order valence-corrected chi connectivity index (χ4v) is 3.14. The van der Waals surface area contributed by atoms with Crippen LogP contribution in [0.5, 0.6) is 11.5 Å². The van der Waals surface area contributed by atoms with E-state index in [4.69, 9.17) is 9.47 Å². The zero-order chi connectivity index (χ0) is 20.3. The Morgan fingerprint density at radius 1 is 1.11 bits per heavy atom. The summed E-state index contributed by atoms with van der Waals surface area (Å²) >= 11 is 0. The van der Waals surface area contributed by atoms with Gasteiger partial charge in [-0.3, -0.25) is 9.59 Å². The molecule has 6 nitrogen and oxygen atoms in total. The minimum absolute atomic E-state index is 0.0337. The Morgan fingerprint density at radius 2 is 1.75 bits per heavy atom. The minimum atomic E-state index is -0.302. The molecule has 7 heteroatoms. The first kappa shape index (κ1) is 19.8. The molecule has 0 aliphatic carbocycles. The minimum Gasteiger partial charge on any atom is -0.454 e. The number of hydrogen-bond donors (Lipinski definition) is 2. The summed E-state index contributed by atoms with van der Waals surface area (Å²) in [5, 5.41) is 5.96. The van der Waals surface area contributed by atoms with Gasteiger partial charge in [-0.2, -0.15) is 0 Å². The van der Waals surface area contributed by atoms with Gasteiger partial charge in [0.25, 0.3) is 0 Å². The van der Waals surface area contributed by atoms with E-state index in [1.54, 1.807) is 24.3 Å². The highest BCUT2D eigenvalue weighted by Gasteiger charge is 2.21. The molecule has 1 aliphatic heterocycles. The van der Waals surface area contributed by atoms with Gasteiger partial charge in [0.2, 0.25) is 12.7 Å². The number of carbonyl (C=O) groups excluding carboxylic acids is 2. The van der Waals surface area contributed by atoms with Gasteiger partial charge in [0.1, 0.15) is 5.82 Å². The Morgan fingerprint density at radius 3 is 2.36 bits per heavy atom. The average Bonchev–Trinajstić information content (AvgIpc) is 3.09. The number of nitrogens with one attached hydrogen (secondary N) is 2. The van der Waals surface area contributed by atoms with Crippen LogP contribution in [0.1, 0.15) is 42.7 Å². The van der Waals surface area contributed by atoms with Gasteiger partial charge in [0.05, 0.1) is 12.2 Å². The van der Waals surface area contributed by atoms with Crippen LogP contribution >= 0.6 is 0 Å². The molecule has 0 saturated carbocycles. The zero-order valence-corrected chi connectivity index (χ0v) is 16.0. The Hall–Kier alpha value is -2.93. The molecule has 2 N–H and O–H groups in total. The third-order valence-electron chi connectivity index (χ3n) is 4.54. The lowest BCUT2D eigenvalue weighted by atomic mass is 9.96. The van der Waals surface area contributed by atoms with Gasteiger partial charge in [-0.1, -0.05) is 26.0 Å². The molecule has 0 radical (unpaired) electrons. The first-order chi connectivity index (χ1) is 13.3. The van der Waals surface area contributed by atoms with E-state index in [1.165, 1.54) is 19.1 Å². The number of fused-ring (bicyclic) bond motifs is 1. The van der Waals surface area contributed by atoms with Crippen LogP contribution < -0.4 is 20.1 Å². The lowest BCUT2D eigenvalue weighted by Crippen LogP contribution is -2.34. The predicted octanol–water partition coefficient (Wildman–Crippen LogP) is 3.68. The van der Waals surface area contributed by atoms with Gasteiger partial charge in [-0.15, -0.1) is 0 Å². The maximum Gasteiger partial charge on any atom is 0.238 e. The van der Waals surface area contributed by atoms with Crippen molar-refractivity contribution in [1.82, 2.24) is 5.32 Å². The van der Waals surface area contributed by atoms with E-state index in [2.05, 4.69) is 10.6 Å². The number of halogens is 1. The number of carbonyl (C=O) groups is 2. The van der Waals surface area contributed by atoms with Gasteiger partial charge in [0.15, 0.2) is 17.3 Å². The molecule has 2 aromatic carbocycles. The fourth-order valence-electron chi connectivity index (χ4n) is 3.14. The van der Waals surface area contributed by atoms with Crippen LogP contribution in [0.3, 0.4) is 0 Å². The quantitative estimate of drug-likeness (QED) is 0.710. The number of Topliss-reactive ketones (excluding diaryl/α,β-unsaturated/α-hetero) is 1. The van der Waals surface area contributed by atoms with Crippen LogP contribution in [0.15, 0.2) is 36.4 Å². The molecule has 2 aromatic rings. The van der Waals surface area contributed by atoms with Crippen LogP contribution in [-0.2, 0) is 4.79 Å². The second-order valence-corrected chi connectivity index (χ2v) is 7.01. The average molecular weight is 386 g/mol. The Labute approximate surface area is 163 Å². The summed E-state index contributed by atoms with van der Waals surface area (Å²) in [6.45, 7) is 5.58. The summed E-state index contributed by atoms with van der Waals surface area (Å²) in [5.74, 6) is 0.374. The van der Waals surface area contributed by atoms with E-state index in [0.717, 1.165) is 5.56 Å². The molecule has 148 valence electrons. The predicted molar refractivity (Wildman–Crippen MR) is 103 cm³/mol. The number of rotatable bonds is 7. The van der Waals surface area contributed by atoms with Gasteiger partial charge in [-0.05, 0) is 36.6 Å². The van der Waals surface area contributed by atoms with E-state index < -0.39 is 0 Å². The van der Waals surface area contributed by atoms with Crippen molar-refractivity contribution in [3.05, 3.63) is 53.3 Å². The SMILES string of the molecule is CC(=O)c1cc2c(cc1NC(=O)CNC(c1ccc(F)cc1)C(C)C)OCO2. The van der Waals surface area contributed by atoms with Crippen molar-refractivity contribution < 1.29 is 23.5 Å². The maximum atomic E-state index is 13.2. The van der Waals surface area contributed by atoms with Crippen LogP contribution in [0.4, 0.5) is 10.1 Å². The highest BCUT2D eigenvalue weighted by Crippen LogP contribution is 2.37. The first-order valence-electron chi connectivity index (χ1n) is 9.08. The van der Waals surface area contributed by atoms with E-state index in [-0.39, 0.29) is 42.8 Å². The molecule has 1 atom stereocenters. The van der Waals surface area contributed by atoms with Gasteiger partial charge < -0.3 is 20.1 Å². The smallest absolute Gasteiger partial charge is 0.238 e. The molecule has 0 spiro atoms. The second-order valence-electron chi connectivity index (χ2n) is 7.01. The Balaban J connectivity index is 1.70. The number of anilines is 1. The molecule has 0 fully saturated rings. The Bertz CT molecular complexity index is 881. The van der Waals surface area contributed by atoms with Crippen molar-refractivity contribution in [3.63, 3.8) is 0 Å². The van der Waals surface area contributed by atoms with E-state index in [1.807, 2.05) is 13.8 Å². The summed E-state index contributed by atoms with van der Waals surface area (Å²) in [6.07, 6.45) is 0. The molecular weight excluding hydrogens is 363 g/mol. The largest absolute Gasteiger partial charge is 0.454 e. The Kier molecular flexibility index (Phi) is 5.94. The van der Waals surface area contributed by atoms with Crippen LogP contribution in [0, 0.1) is 11.7 Å². The molecule has 0 bridgehead atoms. The molecule has 28 heavy (non-hydrogen) atoms. The van der Waals surface area contributed by atoms with E-state index >= 15 is 0 Å². The molecular formula is C21H23FN2O4. The summed E-state index contributed by atoms with van der Waals surface area (Å²) in [4.78, 5) is 24.4. The highest BCUT2D eigenvalue weighted by atomic mass is 19.1. The van der Waals surface area contributed by atoms with Crippen LogP contribution in [0.25, 0.3) is 0 Å². The third kappa shape index (κ3) is 4.48. The standard InChI is InChI=1S/C21H23FN2O4/c1-12(2)21(14-4-6-15(22)7-5-14)23-10-20(26)24-17-9-19-18(27-11-28-19)8-16(17)13(3)25/h4-9,12,21,23H,10-11H2,1-3H3,(H,24,26). The number of ketones is 1. The van der Waals surface area contributed by atoms with E-state index in [0.29, 0.717) is 22.7 Å². The molecule has 1 heterocycles. The van der Waals surface area contributed by atoms with Crippen molar-refractivity contribution in [3.8, 4) is 11.5 Å². The molecule has 3 rings (SSSR count). The van der Waals surface area contributed by atoms with Gasteiger partial charge in [-0.25, -0.2) is 4.39 Å². The molecule has 1 amide bonds. The summed E-state index contributed by atoms with van der Waals surface area (Å²) in [5.41, 5.74) is 1.64. The van der Waals surface area contributed by atoms with Crippen molar-refractivity contribution in [2.75, 3.05) is 18.7 Å². The molecule has 1 aliphatic rings. The molecule has 1 unspecified atom stereocenters. The third-order valence-corrected chi connectivity index (χ3v) is 4.54. The lowest BCUT2D eigenvalue weighted by molar-refractivity contribution is -0.115. The fraction of sp³-hybridized carbons (Fsp3) is 0.333. The van der Waals surface area contributed by atoms with Gasteiger partial charge in [0, 0.05) is 17.7 Å². The second kappa shape index (κ2) is 8.39. The van der Waals surface area contributed by atoms with Crippen molar-refractivity contribution >= 4 is 17.4 Å². The summed E-state index contributed by atoms with van der Waals surface area (Å²) in [6, 6.07) is 9.26. The normalized spacial score (nSPS) is 13.5. The monoisotopic (exact) mass is 386 g/mol. The summed E-state index contributed by atoms with van der Waals surface area (Å²) < 4.78 is 23.8. The zero-order valence-electron chi connectivity index (χ0n) is 16.0. The number of ether oxygens (including phenoxy) is 2. The maximum absolute atomic E-state index is 13.2. The molecule has 0 aromatic heterocycles.